The first-order valence-electron chi connectivity index (χ1n) is 10.0. The normalized spacial score (nSPS) is 19.0. The summed E-state index contributed by atoms with van der Waals surface area (Å²) in [6.07, 6.45) is 6.81. The number of carbonyl (C=O) groups excluding carboxylic acids is 1. The highest BCUT2D eigenvalue weighted by Gasteiger charge is 2.43. The molecule has 0 spiro atoms. The van der Waals surface area contributed by atoms with Crippen molar-refractivity contribution in [1.82, 2.24) is 5.32 Å². The minimum Gasteiger partial charge on any atom is -0.281 e. The Morgan fingerprint density at radius 2 is 1.77 bits per heavy atom. The number of allylic oxidation sites excluding steroid dienone is 4. The largest absolute Gasteiger partial charge is 0.281 e. The molecule has 0 aliphatic heterocycles. The minimum absolute atomic E-state index is 0.0664. The van der Waals surface area contributed by atoms with Crippen molar-refractivity contribution in [1.29, 1.82) is 0 Å². The lowest BCUT2D eigenvalue weighted by atomic mass is 9.89. The van der Waals surface area contributed by atoms with Crippen molar-refractivity contribution in [3.05, 3.63) is 95.6 Å². The number of benzene rings is 2. The molecule has 0 heterocycles. The summed E-state index contributed by atoms with van der Waals surface area (Å²) in [5, 5.41) is 1.90. The predicted octanol–water partition coefficient (Wildman–Crippen LogP) is 4.96. The van der Waals surface area contributed by atoms with Crippen LogP contribution in [0, 0.1) is 12.0 Å². The molecule has 0 aromatic heterocycles. The molecule has 0 fully saturated rings. The third-order valence-corrected chi connectivity index (χ3v) is 8.71. The average molecular weight is 498 g/mol. The highest BCUT2D eigenvalue weighted by atomic mass is 79.9. The minimum atomic E-state index is -3.35. The van der Waals surface area contributed by atoms with Crippen LogP contribution in [-0.2, 0) is 9.84 Å². The summed E-state index contributed by atoms with van der Waals surface area (Å²) in [6.45, 7) is 1.68. The van der Waals surface area contributed by atoms with Crippen LogP contribution in [0.2, 0.25) is 0 Å². The van der Waals surface area contributed by atoms with Crippen LogP contribution in [0.25, 0.3) is 0 Å². The fourth-order valence-corrected chi connectivity index (χ4v) is 6.57. The first kappa shape index (κ1) is 23.1. The first-order chi connectivity index (χ1) is 14.9. The van der Waals surface area contributed by atoms with Crippen LogP contribution in [-0.4, -0.2) is 24.4 Å². The van der Waals surface area contributed by atoms with Crippen LogP contribution >= 0.6 is 15.9 Å². The zero-order valence-electron chi connectivity index (χ0n) is 17.2. The van der Waals surface area contributed by atoms with Crippen LogP contribution in [0.5, 0.6) is 0 Å². The van der Waals surface area contributed by atoms with Gasteiger partial charge in [0, 0.05) is 23.8 Å². The Morgan fingerprint density at radius 1 is 1.13 bits per heavy atom. The second-order valence-electron chi connectivity index (χ2n) is 7.28. The molecule has 31 heavy (non-hydrogen) atoms. The predicted molar refractivity (Wildman–Crippen MR) is 128 cm³/mol. The van der Waals surface area contributed by atoms with Crippen LogP contribution in [0.3, 0.4) is 0 Å². The number of hydrogen-bond acceptors (Lipinski definition) is 3. The highest BCUT2D eigenvalue weighted by Crippen LogP contribution is 2.46. The van der Waals surface area contributed by atoms with Gasteiger partial charge in [-0.3, -0.25) is 10.1 Å². The molecule has 4 nitrogen and oxygen atoms in total. The average Bonchev–Trinajstić information content (AvgIpc) is 2.79. The van der Waals surface area contributed by atoms with Gasteiger partial charge in [-0.25, -0.2) is 8.42 Å². The van der Waals surface area contributed by atoms with Crippen molar-refractivity contribution in [3.63, 3.8) is 0 Å². The number of hydrogen-bond donors (Lipinski definition) is 1. The molecular formula is C25H24BrNO3S. The second-order valence-corrected chi connectivity index (χ2v) is 11.1. The quantitative estimate of drug-likeness (QED) is 0.348. The molecule has 0 bridgehead atoms. The lowest BCUT2D eigenvalue weighted by molar-refractivity contribution is 0.0973. The monoisotopic (exact) mass is 497 g/mol. The van der Waals surface area contributed by atoms with E-state index in [1.165, 1.54) is 0 Å². The number of alkyl halides is 1. The van der Waals surface area contributed by atoms with E-state index in [1.807, 2.05) is 54.6 Å². The van der Waals surface area contributed by atoms with Gasteiger partial charge in [-0.05, 0) is 29.7 Å². The third-order valence-electron chi connectivity index (χ3n) is 5.14. The topological polar surface area (TPSA) is 63.2 Å². The molecule has 2 unspecified atom stereocenters. The van der Waals surface area contributed by atoms with Gasteiger partial charge >= 0.3 is 0 Å². The molecule has 1 aliphatic rings. The van der Waals surface area contributed by atoms with Crippen molar-refractivity contribution >= 4 is 31.7 Å². The van der Waals surface area contributed by atoms with E-state index in [2.05, 4.69) is 33.2 Å². The molecule has 1 aliphatic carbocycles. The molecule has 160 valence electrons. The number of carbonyl (C=O) groups is 1. The van der Waals surface area contributed by atoms with Gasteiger partial charge < -0.3 is 0 Å². The fraction of sp³-hybridized carbons (Fsp3) is 0.240. The van der Waals surface area contributed by atoms with Crippen LogP contribution in [0.4, 0.5) is 0 Å². The van der Waals surface area contributed by atoms with Crippen molar-refractivity contribution in [2.24, 2.45) is 0 Å². The van der Waals surface area contributed by atoms with Gasteiger partial charge in [-0.1, -0.05) is 95.5 Å². The fourth-order valence-electron chi connectivity index (χ4n) is 3.48. The molecule has 2 atom stereocenters. The molecular weight excluding hydrogens is 474 g/mol. The summed E-state index contributed by atoms with van der Waals surface area (Å²) < 4.78 is 25.1. The lowest BCUT2D eigenvalue weighted by Gasteiger charge is -2.34. The van der Waals surface area contributed by atoms with E-state index in [9.17, 15) is 13.2 Å². The van der Waals surface area contributed by atoms with E-state index < -0.39 is 19.4 Å². The van der Waals surface area contributed by atoms with Crippen molar-refractivity contribution in [3.8, 4) is 12.0 Å². The molecule has 0 radical (unpaired) electrons. The van der Waals surface area contributed by atoms with Gasteiger partial charge in [0.15, 0.2) is 9.84 Å². The zero-order chi connectivity index (χ0) is 22.3. The Labute approximate surface area is 192 Å². The molecule has 0 saturated carbocycles. The summed E-state index contributed by atoms with van der Waals surface area (Å²) in [6, 6.07) is 20.9. The number of rotatable bonds is 6. The Hall–Kier alpha value is -2.62. The van der Waals surface area contributed by atoms with Gasteiger partial charge in [-0.2, -0.15) is 0 Å². The first-order valence-corrected chi connectivity index (χ1v) is 12.5. The van der Waals surface area contributed by atoms with E-state index in [4.69, 9.17) is 0 Å². The Bertz CT molecular complexity index is 1150. The zero-order valence-corrected chi connectivity index (χ0v) is 19.6. The van der Waals surface area contributed by atoms with Gasteiger partial charge in [0.1, 0.15) is 5.25 Å². The SMILES string of the molecule is CCS(=O)(=O)C(c1ccccc1)C1(Br)C=CC(CC#CNC(=O)c2ccccc2)=CC1. The summed E-state index contributed by atoms with van der Waals surface area (Å²) >= 11 is 3.73. The lowest BCUT2D eigenvalue weighted by Crippen LogP contribution is -2.35. The van der Waals surface area contributed by atoms with Gasteiger partial charge in [0.05, 0.1) is 4.32 Å². The standard InChI is InChI=1S/C25H24BrNO3S/c1-2-31(29,30)23(21-11-5-3-6-12-21)25(26)17-15-20(16-18-25)10-9-19-27-24(28)22-13-7-4-8-14-22/h3-8,11-17,23H,2,10,18H2,1H3,(H,27,28). The van der Waals surface area contributed by atoms with Gasteiger partial charge in [0.2, 0.25) is 0 Å². The van der Waals surface area contributed by atoms with E-state index in [-0.39, 0.29) is 11.7 Å². The van der Waals surface area contributed by atoms with Crippen LogP contribution in [0.15, 0.2) is 84.5 Å². The van der Waals surface area contributed by atoms with Gasteiger partial charge in [-0.15, -0.1) is 0 Å². The third kappa shape index (κ3) is 5.75. The number of nitrogens with one attached hydrogen (secondary N) is 1. The second kappa shape index (κ2) is 10.1. The molecule has 6 heteroatoms. The van der Waals surface area contributed by atoms with Crippen LogP contribution in [0.1, 0.15) is 40.9 Å². The Kier molecular flexibility index (Phi) is 7.53. The summed E-state index contributed by atoms with van der Waals surface area (Å²) in [5.74, 6) is 2.78. The van der Waals surface area contributed by atoms with E-state index >= 15 is 0 Å². The molecule has 2 aromatic rings. The Morgan fingerprint density at radius 3 is 2.35 bits per heavy atom. The molecule has 2 aromatic carbocycles. The van der Waals surface area contributed by atoms with E-state index in [0.717, 1.165) is 11.1 Å². The van der Waals surface area contributed by atoms with Gasteiger partial charge in [0.25, 0.3) is 5.91 Å². The summed E-state index contributed by atoms with van der Waals surface area (Å²) in [7, 11) is -3.35. The maximum Gasteiger partial charge on any atom is 0.262 e. The molecule has 3 rings (SSSR count). The Balaban J connectivity index is 1.68. The van der Waals surface area contributed by atoms with Crippen molar-refractivity contribution in [2.75, 3.05) is 5.75 Å². The number of halogens is 1. The number of amides is 1. The van der Waals surface area contributed by atoms with Crippen molar-refractivity contribution < 1.29 is 13.2 Å². The molecule has 0 saturated heterocycles. The summed E-state index contributed by atoms with van der Waals surface area (Å²) in [4.78, 5) is 12.0. The molecule has 1 N–H and O–H groups in total. The maximum absolute atomic E-state index is 12.9. The van der Waals surface area contributed by atoms with E-state index in [1.54, 1.807) is 31.2 Å². The molecule has 1 amide bonds. The highest BCUT2D eigenvalue weighted by molar-refractivity contribution is 9.10. The number of sulfone groups is 1. The van der Waals surface area contributed by atoms with Crippen LogP contribution < -0.4 is 5.32 Å². The smallest absolute Gasteiger partial charge is 0.262 e. The summed E-state index contributed by atoms with van der Waals surface area (Å²) in [5.41, 5.74) is 2.31. The van der Waals surface area contributed by atoms with Crippen molar-refractivity contribution in [2.45, 2.75) is 29.3 Å². The van der Waals surface area contributed by atoms with E-state index in [0.29, 0.717) is 18.4 Å². The maximum atomic E-state index is 12.9.